The quantitative estimate of drug-likeness (QED) is 0.197. The van der Waals surface area contributed by atoms with E-state index in [9.17, 15) is 0 Å². The number of nitrogens with zero attached hydrogens (tertiary/aromatic N) is 4. The number of benzene rings is 3. The van der Waals surface area contributed by atoms with Crippen LogP contribution in [0.4, 0.5) is 0 Å². The third-order valence-electron chi connectivity index (χ3n) is 8.85. The van der Waals surface area contributed by atoms with Gasteiger partial charge in [-0.15, -0.1) is 0 Å². The van der Waals surface area contributed by atoms with Gasteiger partial charge in [-0.3, -0.25) is 4.40 Å². The van der Waals surface area contributed by atoms with Crippen molar-refractivity contribution < 1.29 is 9.15 Å². The first-order valence-electron chi connectivity index (χ1n) is 16.0. The Morgan fingerprint density at radius 3 is 2.23 bits per heavy atom. The lowest BCUT2D eigenvalue weighted by Gasteiger charge is -2.22. The highest BCUT2D eigenvalue weighted by atomic mass is 16.5. The molecule has 0 atom stereocenters. The molecule has 0 radical (unpaired) electrons. The predicted octanol–water partition coefficient (Wildman–Crippen LogP) is 10.9. The van der Waals surface area contributed by atoms with Crippen molar-refractivity contribution >= 4 is 38.6 Å². The van der Waals surface area contributed by atoms with Crippen LogP contribution in [0.1, 0.15) is 52.7 Å². The van der Waals surface area contributed by atoms with Gasteiger partial charge in [-0.2, -0.15) is 0 Å². The molecule has 6 nitrogen and oxygen atoms in total. The number of furan rings is 1. The molecule has 0 aliphatic carbocycles. The molecule has 0 fully saturated rings. The fourth-order valence-electron chi connectivity index (χ4n) is 6.31. The average molecular weight is 617 g/mol. The van der Waals surface area contributed by atoms with Crippen LogP contribution in [0.3, 0.4) is 0 Å². The number of pyridine rings is 3. The Morgan fingerprint density at radius 2 is 1.45 bits per heavy atom. The van der Waals surface area contributed by atoms with E-state index in [4.69, 9.17) is 24.1 Å². The Bertz CT molecular complexity index is 2460. The minimum Gasteiger partial charge on any atom is -0.455 e. The molecule has 0 saturated heterocycles. The van der Waals surface area contributed by atoms with E-state index in [1.807, 2.05) is 54.7 Å². The molecule has 0 aliphatic rings. The molecule has 47 heavy (non-hydrogen) atoms. The van der Waals surface area contributed by atoms with Gasteiger partial charge in [-0.1, -0.05) is 102 Å². The smallest absolute Gasteiger partial charge is 0.225 e. The predicted molar refractivity (Wildman–Crippen MR) is 190 cm³/mol. The third-order valence-corrected chi connectivity index (χ3v) is 8.85. The van der Waals surface area contributed by atoms with Gasteiger partial charge in [-0.25, -0.2) is 15.0 Å². The monoisotopic (exact) mass is 616 g/mol. The topological polar surface area (TPSA) is 65.5 Å². The Kier molecular flexibility index (Phi) is 6.48. The maximum absolute atomic E-state index is 6.55. The van der Waals surface area contributed by atoms with Gasteiger partial charge in [0.05, 0.1) is 27.8 Å². The number of hydrogen-bond donors (Lipinski definition) is 0. The van der Waals surface area contributed by atoms with E-state index in [-0.39, 0.29) is 10.8 Å². The van der Waals surface area contributed by atoms with E-state index < -0.39 is 0 Å². The fraction of sp³-hybridized carbons (Fsp3) is 0.195. The first-order chi connectivity index (χ1) is 22.5. The van der Waals surface area contributed by atoms with Gasteiger partial charge in [0.2, 0.25) is 11.8 Å². The minimum atomic E-state index is -0.207. The molecule has 8 rings (SSSR count). The number of hydrogen-bond acceptors (Lipinski definition) is 5. The van der Waals surface area contributed by atoms with Crippen LogP contribution < -0.4 is 4.74 Å². The molecular weight excluding hydrogens is 580 g/mol. The average Bonchev–Trinajstić information content (AvgIpc) is 3.62. The molecule has 232 valence electrons. The highest BCUT2D eigenvalue weighted by Gasteiger charge is 2.24. The van der Waals surface area contributed by atoms with E-state index in [1.165, 1.54) is 5.56 Å². The number of para-hydroxylation sites is 3. The Hall–Kier alpha value is -5.49. The second-order valence-electron chi connectivity index (χ2n) is 14.2. The normalized spacial score (nSPS) is 12.5. The lowest BCUT2D eigenvalue weighted by molar-refractivity contribution is 0.423. The van der Waals surface area contributed by atoms with Crippen molar-refractivity contribution in [1.82, 2.24) is 19.4 Å². The summed E-state index contributed by atoms with van der Waals surface area (Å²) in [5.41, 5.74) is 10.1. The Labute approximate surface area is 273 Å². The summed E-state index contributed by atoms with van der Waals surface area (Å²) < 4.78 is 15.2. The number of ether oxygens (including phenoxy) is 1. The zero-order valence-electron chi connectivity index (χ0n) is 27.5. The van der Waals surface area contributed by atoms with E-state index in [0.29, 0.717) is 11.8 Å². The Morgan fingerprint density at radius 1 is 0.660 bits per heavy atom. The van der Waals surface area contributed by atoms with Gasteiger partial charge in [0.15, 0.2) is 0 Å². The van der Waals surface area contributed by atoms with Crippen molar-refractivity contribution in [3.05, 3.63) is 120 Å². The molecule has 6 heteroatoms. The summed E-state index contributed by atoms with van der Waals surface area (Å²) in [6.07, 6.45) is 2.03. The van der Waals surface area contributed by atoms with Gasteiger partial charge in [0.25, 0.3) is 0 Å². The zero-order chi connectivity index (χ0) is 32.5. The van der Waals surface area contributed by atoms with E-state index in [0.717, 1.165) is 66.7 Å². The molecule has 0 amide bonds. The maximum Gasteiger partial charge on any atom is 0.225 e. The molecule has 5 aromatic heterocycles. The number of imidazole rings is 1. The lowest BCUT2D eigenvalue weighted by Crippen LogP contribution is -2.14. The SMILES string of the molecule is CC(C)(C)c1ccc(-c2cccc(Oc3nc(-c4cccc5c4oc4ccn6c7ccccc7nc6c45)ccc3C(C)(C)C)n2)cc1. The van der Waals surface area contributed by atoms with E-state index >= 15 is 0 Å². The van der Waals surface area contributed by atoms with Gasteiger partial charge >= 0.3 is 0 Å². The molecule has 0 aliphatic heterocycles. The maximum atomic E-state index is 6.55. The van der Waals surface area contributed by atoms with E-state index in [1.54, 1.807) is 0 Å². The summed E-state index contributed by atoms with van der Waals surface area (Å²) in [4.78, 5) is 15.0. The molecule has 0 bridgehead atoms. The zero-order valence-corrected chi connectivity index (χ0v) is 27.5. The third kappa shape index (κ3) is 5.01. The molecule has 0 N–H and O–H groups in total. The fourth-order valence-corrected chi connectivity index (χ4v) is 6.31. The van der Waals surface area contributed by atoms with Crippen LogP contribution >= 0.6 is 0 Å². The Balaban J connectivity index is 1.22. The number of rotatable bonds is 4. The second kappa shape index (κ2) is 10.5. The summed E-state index contributed by atoms with van der Waals surface area (Å²) in [5, 5.41) is 1.98. The van der Waals surface area contributed by atoms with Gasteiger partial charge in [-0.05, 0) is 52.8 Å². The van der Waals surface area contributed by atoms with Crippen molar-refractivity contribution in [2.24, 2.45) is 0 Å². The van der Waals surface area contributed by atoms with Crippen LogP contribution in [0.2, 0.25) is 0 Å². The largest absolute Gasteiger partial charge is 0.455 e. The van der Waals surface area contributed by atoms with Crippen LogP contribution in [0.5, 0.6) is 11.8 Å². The molecule has 5 heterocycles. The number of fused-ring (bicyclic) bond motifs is 7. The number of aromatic nitrogens is 4. The summed E-state index contributed by atoms with van der Waals surface area (Å²) in [6, 6.07) is 35.0. The van der Waals surface area contributed by atoms with Crippen LogP contribution in [0.25, 0.3) is 61.1 Å². The summed E-state index contributed by atoms with van der Waals surface area (Å²) in [5.74, 6) is 1.02. The van der Waals surface area contributed by atoms with Crippen LogP contribution in [0.15, 0.2) is 114 Å². The summed E-state index contributed by atoms with van der Waals surface area (Å²) in [7, 11) is 0. The van der Waals surface area contributed by atoms with Crippen molar-refractivity contribution in [3.63, 3.8) is 0 Å². The van der Waals surface area contributed by atoms with Crippen LogP contribution in [-0.2, 0) is 10.8 Å². The van der Waals surface area contributed by atoms with Gasteiger partial charge in [0.1, 0.15) is 16.8 Å². The molecule has 0 unspecified atom stereocenters. The molecule has 0 saturated carbocycles. The van der Waals surface area contributed by atoms with Gasteiger partial charge < -0.3 is 9.15 Å². The molecule has 3 aromatic carbocycles. The highest BCUT2D eigenvalue weighted by Crippen LogP contribution is 2.40. The van der Waals surface area contributed by atoms with Crippen LogP contribution in [-0.4, -0.2) is 19.4 Å². The lowest BCUT2D eigenvalue weighted by atomic mass is 9.86. The van der Waals surface area contributed by atoms with Crippen LogP contribution in [0, 0.1) is 0 Å². The van der Waals surface area contributed by atoms with Gasteiger partial charge in [0, 0.05) is 34.3 Å². The van der Waals surface area contributed by atoms with Crippen molar-refractivity contribution in [2.45, 2.75) is 52.4 Å². The van der Waals surface area contributed by atoms with Crippen molar-refractivity contribution in [3.8, 4) is 34.3 Å². The highest BCUT2D eigenvalue weighted by molar-refractivity contribution is 6.15. The van der Waals surface area contributed by atoms with Crippen molar-refractivity contribution in [2.75, 3.05) is 0 Å². The standard InChI is InChI=1S/C41H36N4O2/c1-40(2,3)26-19-17-25(18-20-26)30-14-10-16-35(42-30)47-39-29(41(4,5)6)21-22-31(44-39)27-11-9-12-28-36-34(46-37(27)28)23-24-45-33-15-8-7-13-32(33)43-38(36)45/h7-24H,1-6H3. The summed E-state index contributed by atoms with van der Waals surface area (Å²) >= 11 is 0. The molecular formula is C41H36N4O2. The van der Waals surface area contributed by atoms with Crippen molar-refractivity contribution in [1.29, 1.82) is 0 Å². The summed E-state index contributed by atoms with van der Waals surface area (Å²) in [6.45, 7) is 13.1. The van der Waals surface area contributed by atoms with E-state index in [2.05, 4.69) is 101 Å². The molecule has 0 spiro atoms. The minimum absolute atomic E-state index is 0.0871. The second-order valence-corrected chi connectivity index (χ2v) is 14.2. The first kappa shape index (κ1) is 28.9. The molecule has 8 aromatic rings. The first-order valence-corrected chi connectivity index (χ1v) is 16.0.